The molecule has 1 heterocycles. The number of hydrogen-bond donors (Lipinski definition) is 1. The summed E-state index contributed by atoms with van der Waals surface area (Å²) in [4.78, 5) is 14.2. The normalized spacial score (nSPS) is 18.2. The Labute approximate surface area is 109 Å². The second-order valence-electron chi connectivity index (χ2n) is 5.02. The van der Waals surface area contributed by atoms with Crippen LogP contribution < -0.4 is 5.73 Å². The van der Waals surface area contributed by atoms with Crippen LogP contribution in [0.25, 0.3) is 0 Å². The Morgan fingerprint density at radius 3 is 2.33 bits per heavy atom. The Morgan fingerprint density at radius 2 is 1.72 bits per heavy atom. The average Bonchev–Trinajstić information content (AvgIpc) is 2.68. The van der Waals surface area contributed by atoms with Crippen LogP contribution >= 0.6 is 0 Å². The highest BCUT2D eigenvalue weighted by molar-refractivity contribution is 5.77. The topological polar surface area (TPSA) is 46.3 Å². The molecule has 98 valence electrons. The van der Waals surface area contributed by atoms with E-state index in [0.717, 1.165) is 31.5 Å². The molecular weight excluding hydrogens is 224 g/mol. The minimum Gasteiger partial charge on any atom is -0.343 e. The molecule has 2 rings (SSSR count). The van der Waals surface area contributed by atoms with Crippen molar-refractivity contribution in [2.24, 2.45) is 5.73 Å². The number of rotatable bonds is 3. The maximum atomic E-state index is 12.2. The molecule has 0 spiro atoms. The number of carbonyl (C=O) groups is 1. The minimum atomic E-state index is -0.179. The Bertz CT molecular complexity index is 369. The molecule has 3 heteroatoms. The number of benzene rings is 1. The van der Waals surface area contributed by atoms with E-state index in [0.29, 0.717) is 6.42 Å². The fourth-order valence-electron chi connectivity index (χ4n) is 2.46. The summed E-state index contributed by atoms with van der Waals surface area (Å²) >= 11 is 0. The van der Waals surface area contributed by atoms with E-state index in [2.05, 4.69) is 0 Å². The summed E-state index contributed by atoms with van der Waals surface area (Å²) in [6.45, 7) is 1.81. The van der Waals surface area contributed by atoms with Gasteiger partial charge in [0, 0.05) is 25.6 Å². The molecule has 1 atom stereocenters. The van der Waals surface area contributed by atoms with Gasteiger partial charge in [0.25, 0.3) is 0 Å². The average molecular weight is 246 g/mol. The molecule has 1 aliphatic rings. The first-order valence-corrected chi connectivity index (χ1v) is 6.85. The molecule has 0 aliphatic carbocycles. The smallest absolute Gasteiger partial charge is 0.224 e. The summed E-state index contributed by atoms with van der Waals surface area (Å²) in [5.41, 5.74) is 7.14. The van der Waals surface area contributed by atoms with Crippen LogP contribution in [0.3, 0.4) is 0 Å². The number of likely N-dealkylation sites (tertiary alicyclic amines) is 1. The number of nitrogens with zero attached hydrogens (tertiary/aromatic N) is 1. The molecule has 1 aromatic rings. The van der Waals surface area contributed by atoms with Gasteiger partial charge >= 0.3 is 0 Å². The monoisotopic (exact) mass is 246 g/mol. The summed E-state index contributed by atoms with van der Waals surface area (Å²) in [6.07, 6.45) is 5.17. The molecule has 1 aliphatic heterocycles. The van der Waals surface area contributed by atoms with Gasteiger partial charge in [-0.2, -0.15) is 0 Å². The maximum Gasteiger partial charge on any atom is 0.224 e. The van der Waals surface area contributed by atoms with Gasteiger partial charge in [0.15, 0.2) is 0 Å². The number of carbonyl (C=O) groups excluding carboxylic acids is 1. The highest BCUT2D eigenvalue weighted by Crippen LogP contribution is 2.17. The molecule has 18 heavy (non-hydrogen) atoms. The SMILES string of the molecule is N[C@@H](CC(=O)N1CCCCCC1)c1ccccc1. The first kappa shape index (κ1) is 13.1. The minimum absolute atomic E-state index is 0.179. The second kappa shape index (κ2) is 6.55. The summed E-state index contributed by atoms with van der Waals surface area (Å²) in [5, 5.41) is 0. The van der Waals surface area contributed by atoms with Crippen molar-refractivity contribution in [3.63, 3.8) is 0 Å². The van der Waals surface area contributed by atoms with Gasteiger partial charge in [-0.3, -0.25) is 4.79 Å². The Kier molecular flexibility index (Phi) is 4.76. The summed E-state index contributed by atoms with van der Waals surface area (Å²) in [6, 6.07) is 9.69. The van der Waals surface area contributed by atoms with Crippen molar-refractivity contribution in [1.29, 1.82) is 0 Å². The first-order chi connectivity index (χ1) is 8.77. The molecule has 1 aromatic carbocycles. The molecule has 0 bridgehead atoms. The van der Waals surface area contributed by atoms with Crippen LogP contribution in [0.2, 0.25) is 0 Å². The lowest BCUT2D eigenvalue weighted by Gasteiger charge is -2.22. The zero-order valence-electron chi connectivity index (χ0n) is 10.8. The third kappa shape index (κ3) is 3.57. The van der Waals surface area contributed by atoms with Crippen LogP contribution in [0.4, 0.5) is 0 Å². The third-order valence-electron chi connectivity index (χ3n) is 3.58. The van der Waals surface area contributed by atoms with Crippen LogP contribution in [-0.4, -0.2) is 23.9 Å². The highest BCUT2D eigenvalue weighted by atomic mass is 16.2. The van der Waals surface area contributed by atoms with E-state index in [9.17, 15) is 4.79 Å². The van der Waals surface area contributed by atoms with E-state index in [-0.39, 0.29) is 11.9 Å². The molecule has 0 aromatic heterocycles. The molecule has 1 fully saturated rings. The van der Waals surface area contributed by atoms with Crippen molar-refractivity contribution in [1.82, 2.24) is 4.90 Å². The van der Waals surface area contributed by atoms with Gasteiger partial charge in [-0.1, -0.05) is 43.2 Å². The van der Waals surface area contributed by atoms with Crippen molar-refractivity contribution in [2.45, 2.75) is 38.1 Å². The van der Waals surface area contributed by atoms with Crippen LogP contribution in [0, 0.1) is 0 Å². The lowest BCUT2D eigenvalue weighted by atomic mass is 10.0. The van der Waals surface area contributed by atoms with E-state index >= 15 is 0 Å². The molecule has 2 N–H and O–H groups in total. The van der Waals surface area contributed by atoms with Gasteiger partial charge in [-0.05, 0) is 18.4 Å². The van der Waals surface area contributed by atoms with Crippen molar-refractivity contribution < 1.29 is 4.79 Å². The van der Waals surface area contributed by atoms with Gasteiger partial charge in [-0.15, -0.1) is 0 Å². The van der Waals surface area contributed by atoms with E-state index in [1.165, 1.54) is 12.8 Å². The van der Waals surface area contributed by atoms with Gasteiger partial charge in [0.2, 0.25) is 5.91 Å². The zero-order valence-corrected chi connectivity index (χ0v) is 10.8. The standard InChI is InChI=1S/C15H22N2O/c16-14(13-8-4-3-5-9-13)12-15(18)17-10-6-1-2-7-11-17/h3-5,8-9,14H,1-2,6-7,10-12,16H2/t14-/m0/s1. The first-order valence-electron chi connectivity index (χ1n) is 6.85. The van der Waals surface area contributed by atoms with Crippen molar-refractivity contribution >= 4 is 5.91 Å². The fourth-order valence-corrected chi connectivity index (χ4v) is 2.46. The van der Waals surface area contributed by atoms with Crippen molar-refractivity contribution in [3.8, 4) is 0 Å². The highest BCUT2D eigenvalue weighted by Gasteiger charge is 2.18. The van der Waals surface area contributed by atoms with Crippen LogP contribution in [0.15, 0.2) is 30.3 Å². The molecular formula is C15H22N2O. The summed E-state index contributed by atoms with van der Waals surface area (Å²) in [7, 11) is 0. The van der Waals surface area contributed by atoms with E-state index in [1.54, 1.807) is 0 Å². The quantitative estimate of drug-likeness (QED) is 0.890. The van der Waals surface area contributed by atoms with Crippen molar-refractivity contribution in [2.75, 3.05) is 13.1 Å². The lowest BCUT2D eigenvalue weighted by Crippen LogP contribution is -2.34. The van der Waals surface area contributed by atoms with Gasteiger partial charge in [0.1, 0.15) is 0 Å². The van der Waals surface area contributed by atoms with E-state index in [1.807, 2.05) is 35.2 Å². The summed E-state index contributed by atoms with van der Waals surface area (Å²) < 4.78 is 0. The predicted molar refractivity (Wildman–Crippen MR) is 73.0 cm³/mol. The molecule has 3 nitrogen and oxygen atoms in total. The third-order valence-corrected chi connectivity index (χ3v) is 3.58. The van der Waals surface area contributed by atoms with Crippen LogP contribution in [-0.2, 0) is 4.79 Å². The number of hydrogen-bond acceptors (Lipinski definition) is 2. The largest absolute Gasteiger partial charge is 0.343 e. The fraction of sp³-hybridized carbons (Fsp3) is 0.533. The molecule has 1 saturated heterocycles. The molecule has 1 amide bonds. The van der Waals surface area contributed by atoms with E-state index in [4.69, 9.17) is 5.73 Å². The lowest BCUT2D eigenvalue weighted by molar-refractivity contribution is -0.131. The van der Waals surface area contributed by atoms with Crippen LogP contribution in [0.5, 0.6) is 0 Å². The zero-order chi connectivity index (χ0) is 12.8. The van der Waals surface area contributed by atoms with E-state index < -0.39 is 0 Å². The Balaban J connectivity index is 1.90. The Morgan fingerprint density at radius 1 is 1.11 bits per heavy atom. The van der Waals surface area contributed by atoms with Gasteiger partial charge in [0.05, 0.1) is 0 Å². The molecule has 0 saturated carbocycles. The predicted octanol–water partition coefficient (Wildman–Crippen LogP) is 2.48. The maximum absolute atomic E-state index is 12.2. The Hall–Kier alpha value is -1.35. The van der Waals surface area contributed by atoms with Gasteiger partial charge < -0.3 is 10.6 Å². The number of amides is 1. The van der Waals surface area contributed by atoms with Crippen molar-refractivity contribution in [3.05, 3.63) is 35.9 Å². The molecule has 0 radical (unpaired) electrons. The molecule has 0 unspecified atom stereocenters. The van der Waals surface area contributed by atoms with Gasteiger partial charge in [-0.25, -0.2) is 0 Å². The van der Waals surface area contributed by atoms with Crippen LogP contribution in [0.1, 0.15) is 43.7 Å². The summed E-state index contributed by atoms with van der Waals surface area (Å²) in [5.74, 6) is 0.202. The number of nitrogens with two attached hydrogens (primary N) is 1. The second-order valence-corrected chi connectivity index (χ2v) is 5.02.